The molecule has 8 heteroatoms. The number of carbonyl (C=O) groups excluding carboxylic acids is 1. The lowest BCUT2D eigenvalue weighted by Crippen LogP contribution is -2.17. The van der Waals surface area contributed by atoms with Gasteiger partial charge >= 0.3 is 0 Å². The molecule has 0 radical (unpaired) electrons. The number of rotatable bonds is 13. The minimum Gasteiger partial charge on any atom is -0.490 e. The van der Waals surface area contributed by atoms with Crippen LogP contribution in [0.5, 0.6) is 23.0 Å². The molecule has 0 aliphatic carbocycles. The summed E-state index contributed by atoms with van der Waals surface area (Å²) >= 11 is 3.43. The van der Waals surface area contributed by atoms with E-state index in [1.165, 1.54) is 0 Å². The maximum absolute atomic E-state index is 12.6. The minimum absolute atomic E-state index is 0.341. The van der Waals surface area contributed by atoms with E-state index < -0.39 is 0 Å². The van der Waals surface area contributed by atoms with E-state index in [-0.39, 0.29) is 5.91 Å². The van der Waals surface area contributed by atoms with Crippen molar-refractivity contribution in [2.45, 2.75) is 20.5 Å². The summed E-state index contributed by atoms with van der Waals surface area (Å²) in [5, 5.41) is 4.09. The zero-order valence-corrected chi connectivity index (χ0v) is 21.9. The quantitative estimate of drug-likeness (QED) is 0.156. The minimum atomic E-state index is -0.373. The molecule has 3 aromatic carbocycles. The van der Waals surface area contributed by atoms with E-state index >= 15 is 0 Å². The van der Waals surface area contributed by atoms with Crippen molar-refractivity contribution in [2.75, 3.05) is 19.8 Å². The first kappa shape index (κ1) is 26.8. The number of nitrogens with one attached hydrogen (secondary N) is 1. The number of nitrogens with zero attached hydrogens (tertiary/aromatic N) is 1. The second kappa shape index (κ2) is 13.9. The van der Waals surface area contributed by atoms with E-state index in [1.807, 2.05) is 56.3 Å². The third-order valence-electron chi connectivity index (χ3n) is 4.82. The van der Waals surface area contributed by atoms with Crippen molar-refractivity contribution in [1.29, 1.82) is 0 Å². The van der Waals surface area contributed by atoms with E-state index in [2.05, 4.69) is 33.0 Å². The highest BCUT2D eigenvalue weighted by Gasteiger charge is 2.11. The van der Waals surface area contributed by atoms with Gasteiger partial charge in [0, 0.05) is 10.0 Å². The molecule has 3 rings (SSSR count). The number of benzene rings is 3. The van der Waals surface area contributed by atoms with Crippen LogP contribution in [0.3, 0.4) is 0 Å². The van der Waals surface area contributed by atoms with Crippen LogP contribution >= 0.6 is 15.9 Å². The predicted octanol–water partition coefficient (Wildman–Crippen LogP) is 6.15. The van der Waals surface area contributed by atoms with Gasteiger partial charge in [-0.2, -0.15) is 5.10 Å². The van der Waals surface area contributed by atoms with Crippen LogP contribution in [0.25, 0.3) is 0 Å². The largest absolute Gasteiger partial charge is 0.490 e. The number of amides is 1. The summed E-state index contributed by atoms with van der Waals surface area (Å²) in [6.45, 7) is 9.09. The lowest BCUT2D eigenvalue weighted by atomic mass is 10.2. The Bertz CT molecular complexity index is 1200. The Labute approximate surface area is 219 Å². The topological polar surface area (TPSA) is 78.4 Å². The molecule has 0 saturated heterocycles. The van der Waals surface area contributed by atoms with E-state index in [4.69, 9.17) is 18.9 Å². The van der Waals surface area contributed by atoms with Crippen LogP contribution < -0.4 is 24.4 Å². The van der Waals surface area contributed by atoms with Gasteiger partial charge < -0.3 is 18.9 Å². The van der Waals surface area contributed by atoms with E-state index in [9.17, 15) is 4.79 Å². The maximum Gasteiger partial charge on any atom is 0.271 e. The normalized spacial score (nSPS) is 10.6. The lowest BCUT2D eigenvalue weighted by Gasteiger charge is -2.13. The van der Waals surface area contributed by atoms with Crippen molar-refractivity contribution in [3.63, 3.8) is 0 Å². The smallest absolute Gasteiger partial charge is 0.271 e. The summed E-state index contributed by atoms with van der Waals surface area (Å²) < 4.78 is 23.9. The summed E-state index contributed by atoms with van der Waals surface area (Å²) in [4.78, 5) is 12.6. The fourth-order valence-electron chi connectivity index (χ4n) is 3.15. The van der Waals surface area contributed by atoms with Crippen molar-refractivity contribution < 1.29 is 23.7 Å². The molecule has 0 heterocycles. The zero-order valence-electron chi connectivity index (χ0n) is 20.3. The highest BCUT2D eigenvalue weighted by molar-refractivity contribution is 9.10. The first-order valence-corrected chi connectivity index (χ1v) is 12.3. The lowest BCUT2D eigenvalue weighted by molar-refractivity contribution is 0.0954. The molecule has 1 amide bonds. The molecule has 0 bridgehead atoms. The Morgan fingerprint density at radius 3 is 2.25 bits per heavy atom. The zero-order chi connectivity index (χ0) is 25.8. The van der Waals surface area contributed by atoms with Crippen LogP contribution in [-0.2, 0) is 6.61 Å². The Kier molecular flexibility index (Phi) is 10.4. The average molecular weight is 553 g/mol. The molecule has 188 valence electrons. The molecule has 0 saturated carbocycles. The Hall–Kier alpha value is -3.78. The van der Waals surface area contributed by atoms with Gasteiger partial charge in [0.2, 0.25) is 0 Å². The van der Waals surface area contributed by atoms with Gasteiger partial charge in [-0.3, -0.25) is 4.79 Å². The molecule has 0 atom stereocenters. The van der Waals surface area contributed by atoms with Gasteiger partial charge in [0.1, 0.15) is 13.2 Å². The third kappa shape index (κ3) is 7.88. The standard InChI is InChI=1S/C28H29BrN2O5/c1-4-15-35-24-14-10-22(17-27(24)34-6-3)28(32)31-30-18-21-9-13-25(26(16-21)33-5-2)36-19-20-7-11-23(29)12-8-20/h4,7-14,16-18H,1,5-6,15,19H2,2-3H3,(H,31,32)/b30-18+. The predicted molar refractivity (Wildman–Crippen MR) is 144 cm³/mol. The second-order valence-corrected chi connectivity index (χ2v) is 8.36. The molecule has 36 heavy (non-hydrogen) atoms. The first-order valence-electron chi connectivity index (χ1n) is 11.5. The van der Waals surface area contributed by atoms with Crippen molar-refractivity contribution >= 4 is 28.1 Å². The van der Waals surface area contributed by atoms with Gasteiger partial charge in [-0.05, 0) is 73.5 Å². The monoisotopic (exact) mass is 552 g/mol. The molecule has 3 aromatic rings. The molecule has 0 aromatic heterocycles. The maximum atomic E-state index is 12.6. The van der Waals surface area contributed by atoms with Gasteiger partial charge in [-0.1, -0.05) is 40.7 Å². The van der Waals surface area contributed by atoms with E-state index in [1.54, 1.807) is 30.5 Å². The van der Waals surface area contributed by atoms with E-state index in [0.717, 1.165) is 15.6 Å². The molecule has 0 unspecified atom stereocenters. The molecular formula is C28H29BrN2O5. The molecule has 1 N–H and O–H groups in total. The molecule has 7 nitrogen and oxygen atoms in total. The molecule has 0 spiro atoms. The van der Waals surface area contributed by atoms with Crippen molar-refractivity contribution in [1.82, 2.24) is 5.43 Å². The summed E-state index contributed by atoms with van der Waals surface area (Å²) in [7, 11) is 0. The van der Waals surface area contributed by atoms with Gasteiger partial charge in [0.15, 0.2) is 23.0 Å². The van der Waals surface area contributed by atoms with Gasteiger partial charge in [0.25, 0.3) is 5.91 Å². The van der Waals surface area contributed by atoms with Crippen LogP contribution in [0.1, 0.15) is 35.3 Å². The number of hydrazone groups is 1. The number of hydrogen-bond acceptors (Lipinski definition) is 6. The summed E-state index contributed by atoms with van der Waals surface area (Å²) in [6, 6.07) is 18.4. The molecular weight excluding hydrogens is 524 g/mol. The Balaban J connectivity index is 1.65. The van der Waals surface area contributed by atoms with Gasteiger partial charge in [-0.15, -0.1) is 0 Å². The summed E-state index contributed by atoms with van der Waals surface area (Å²) in [6.07, 6.45) is 3.19. The van der Waals surface area contributed by atoms with Gasteiger partial charge in [-0.25, -0.2) is 5.43 Å². The fourth-order valence-corrected chi connectivity index (χ4v) is 3.41. The number of ether oxygens (including phenoxy) is 4. The van der Waals surface area contributed by atoms with Crippen molar-refractivity contribution in [3.8, 4) is 23.0 Å². The SMILES string of the molecule is C=CCOc1ccc(C(=O)N/N=C/c2ccc(OCc3ccc(Br)cc3)c(OCC)c2)cc1OCC. The van der Waals surface area contributed by atoms with Crippen molar-refractivity contribution in [3.05, 3.63) is 94.5 Å². The number of carbonyl (C=O) groups is 1. The van der Waals surface area contributed by atoms with Crippen molar-refractivity contribution in [2.24, 2.45) is 5.10 Å². The third-order valence-corrected chi connectivity index (χ3v) is 5.35. The number of halogens is 1. The van der Waals surface area contributed by atoms with E-state index in [0.29, 0.717) is 55.0 Å². The van der Waals surface area contributed by atoms with Gasteiger partial charge in [0.05, 0.1) is 19.4 Å². The van der Waals surface area contributed by atoms with Crippen LogP contribution in [0, 0.1) is 0 Å². The highest BCUT2D eigenvalue weighted by atomic mass is 79.9. The fraction of sp³-hybridized carbons (Fsp3) is 0.214. The highest BCUT2D eigenvalue weighted by Crippen LogP contribution is 2.30. The van der Waals surface area contributed by atoms with Crippen LogP contribution in [0.4, 0.5) is 0 Å². The number of hydrogen-bond donors (Lipinski definition) is 1. The summed E-state index contributed by atoms with van der Waals surface area (Å²) in [5.74, 6) is 1.88. The van der Waals surface area contributed by atoms with Crippen LogP contribution in [0.15, 0.2) is 82.9 Å². The molecule has 0 fully saturated rings. The van der Waals surface area contributed by atoms with Crippen LogP contribution in [-0.4, -0.2) is 31.9 Å². The Morgan fingerprint density at radius 2 is 1.56 bits per heavy atom. The second-order valence-electron chi connectivity index (χ2n) is 7.45. The first-order chi connectivity index (χ1) is 17.5. The summed E-state index contributed by atoms with van der Waals surface area (Å²) in [5.41, 5.74) is 4.73. The molecule has 0 aliphatic heterocycles. The van der Waals surface area contributed by atoms with Crippen LogP contribution in [0.2, 0.25) is 0 Å². The average Bonchev–Trinajstić information content (AvgIpc) is 2.88. The molecule has 0 aliphatic rings. The Morgan fingerprint density at radius 1 is 0.889 bits per heavy atom.